The largest absolute Gasteiger partial charge is 0.487 e. The van der Waals surface area contributed by atoms with Crippen LogP contribution in [0.4, 0.5) is 0 Å². The second-order valence-electron chi connectivity index (χ2n) is 17.8. The van der Waals surface area contributed by atoms with Gasteiger partial charge < -0.3 is 13.7 Å². The second kappa shape index (κ2) is 11.2. The summed E-state index contributed by atoms with van der Waals surface area (Å²) in [5, 5.41) is 0. The van der Waals surface area contributed by atoms with Crippen molar-refractivity contribution in [2.45, 2.75) is 175 Å². The number of hydrogen-bond acceptors (Lipinski definition) is 3. The number of allylic oxidation sites excluding steroid dienone is 2. The molecule has 5 rings (SSSR count). The molecular formula is C37H65BO3Si. The van der Waals surface area contributed by atoms with Crippen LogP contribution in [0, 0.1) is 34.5 Å². The Kier molecular flexibility index (Phi) is 8.78. The van der Waals surface area contributed by atoms with Crippen LogP contribution in [0.2, 0.25) is 16.6 Å². The third kappa shape index (κ3) is 5.11. The zero-order valence-electron chi connectivity index (χ0n) is 29.7. The van der Waals surface area contributed by atoms with Crippen molar-refractivity contribution < 1.29 is 13.7 Å². The summed E-state index contributed by atoms with van der Waals surface area (Å²) in [5.41, 5.74) is 5.44. The molecular weight excluding hydrogens is 531 g/mol. The van der Waals surface area contributed by atoms with Crippen molar-refractivity contribution in [1.82, 2.24) is 0 Å². The molecule has 4 fully saturated rings. The van der Waals surface area contributed by atoms with Crippen molar-refractivity contribution in [3.8, 4) is 0 Å². The fraction of sp³-hybridized carbons (Fsp3) is 0.892. The predicted molar refractivity (Wildman–Crippen MR) is 181 cm³/mol. The lowest BCUT2D eigenvalue weighted by Gasteiger charge is -2.59. The van der Waals surface area contributed by atoms with Gasteiger partial charge in [0.1, 0.15) is 0 Å². The first kappa shape index (κ1) is 33.0. The van der Waals surface area contributed by atoms with Gasteiger partial charge in [-0.1, -0.05) is 78.6 Å². The molecule has 42 heavy (non-hydrogen) atoms. The number of fused-ring (bicyclic) bond motifs is 5. The van der Waals surface area contributed by atoms with E-state index >= 15 is 0 Å². The molecule has 5 heteroatoms. The first-order chi connectivity index (χ1) is 19.4. The van der Waals surface area contributed by atoms with Gasteiger partial charge in [-0.3, -0.25) is 0 Å². The van der Waals surface area contributed by atoms with Gasteiger partial charge in [0.15, 0.2) is 0 Å². The lowest BCUT2D eigenvalue weighted by atomic mass is 9.47. The minimum Gasteiger partial charge on any atom is -0.413 e. The Bertz CT molecular complexity index is 1040. The maximum absolute atomic E-state index is 7.37. The van der Waals surface area contributed by atoms with Gasteiger partial charge in [0.25, 0.3) is 0 Å². The predicted octanol–water partition coefficient (Wildman–Crippen LogP) is 10.7. The van der Waals surface area contributed by atoms with E-state index in [1.54, 1.807) is 5.57 Å². The number of hydrogen-bond donors (Lipinski definition) is 0. The van der Waals surface area contributed by atoms with Crippen LogP contribution in [0.1, 0.15) is 141 Å². The summed E-state index contributed by atoms with van der Waals surface area (Å²) in [5.74, 6) is 5.47. The zero-order chi connectivity index (χ0) is 31.0. The van der Waals surface area contributed by atoms with Crippen LogP contribution in [-0.2, 0) is 13.7 Å². The Hall–Kier alpha value is -0.358. The summed E-state index contributed by atoms with van der Waals surface area (Å²) in [6, 6.07) is 0. The first-order valence-corrected chi connectivity index (χ1v) is 19.9. The summed E-state index contributed by atoms with van der Waals surface area (Å²) in [4.78, 5) is 0. The van der Waals surface area contributed by atoms with E-state index < -0.39 is 8.32 Å². The number of rotatable bonds is 7. The highest BCUT2D eigenvalue weighted by Crippen LogP contribution is 2.67. The molecule has 1 aliphatic heterocycles. The second-order valence-corrected chi connectivity index (χ2v) is 23.2. The van der Waals surface area contributed by atoms with E-state index in [0.717, 1.165) is 17.8 Å². The van der Waals surface area contributed by atoms with Crippen molar-refractivity contribution in [3.63, 3.8) is 0 Å². The summed E-state index contributed by atoms with van der Waals surface area (Å²) < 4.78 is 20.1. The molecule has 0 amide bonds. The molecule has 3 saturated carbocycles. The fourth-order valence-corrected chi connectivity index (χ4v) is 17.1. The third-order valence-corrected chi connectivity index (χ3v) is 20.5. The standard InChI is InChI=1S/C37H65BO3Si/c1-24(2)42(25(3)4,26(5)6)39-29-18-20-36(12)28(22-29)14-15-30-32-17-16-31(37(32,13)21-19-33(30)36)27(7)23-38-40-34(8,9)35(10,11)41-38/h14,23-26,29-33H,15-22H2,1-13H3/b27-23+/t29-,30-,31+,32-,33-,36-,37+/m0/s1. The van der Waals surface area contributed by atoms with Crippen LogP contribution in [0.3, 0.4) is 0 Å². The molecule has 3 nitrogen and oxygen atoms in total. The van der Waals surface area contributed by atoms with Crippen molar-refractivity contribution in [2.24, 2.45) is 34.5 Å². The third-order valence-electron chi connectivity index (χ3n) is 14.4. The molecule has 4 aliphatic carbocycles. The quantitative estimate of drug-likeness (QED) is 0.216. The molecule has 5 aliphatic rings. The van der Waals surface area contributed by atoms with Gasteiger partial charge >= 0.3 is 7.12 Å². The summed E-state index contributed by atoms with van der Waals surface area (Å²) >= 11 is 0. The summed E-state index contributed by atoms with van der Waals surface area (Å²) in [7, 11) is -2.08. The van der Waals surface area contributed by atoms with Crippen LogP contribution in [0.15, 0.2) is 23.2 Å². The Labute approximate surface area is 261 Å². The summed E-state index contributed by atoms with van der Waals surface area (Å²) in [6.07, 6.45) is 13.6. The molecule has 238 valence electrons. The van der Waals surface area contributed by atoms with Crippen molar-refractivity contribution in [1.29, 1.82) is 0 Å². The maximum Gasteiger partial charge on any atom is 0.487 e. The van der Waals surface area contributed by atoms with E-state index in [1.807, 2.05) is 0 Å². The topological polar surface area (TPSA) is 27.7 Å². The molecule has 0 bridgehead atoms. The van der Waals surface area contributed by atoms with Crippen LogP contribution in [0.25, 0.3) is 0 Å². The van der Waals surface area contributed by atoms with Crippen molar-refractivity contribution in [2.75, 3.05) is 0 Å². The molecule has 1 heterocycles. The van der Waals surface area contributed by atoms with Gasteiger partial charge in [-0.05, 0) is 137 Å². The van der Waals surface area contributed by atoms with E-state index in [-0.39, 0.29) is 18.3 Å². The molecule has 0 radical (unpaired) electrons. The Morgan fingerprint density at radius 3 is 2.02 bits per heavy atom. The summed E-state index contributed by atoms with van der Waals surface area (Å²) in [6.45, 7) is 30.9. The Morgan fingerprint density at radius 2 is 1.45 bits per heavy atom. The SMILES string of the molecule is C/C(=C\B1OC(C)(C)C(C)(C)O1)[C@H]1CC[C@H]2[C@@H]3CC=C4C[C@@H](O[Si](C(C)C)(C(C)C)C(C)C)CC[C@]4(C)[C@H]3CC[C@]12C. The van der Waals surface area contributed by atoms with Crippen LogP contribution in [0.5, 0.6) is 0 Å². The highest BCUT2D eigenvalue weighted by Gasteiger charge is 2.60. The van der Waals surface area contributed by atoms with E-state index in [1.165, 1.54) is 56.9 Å². The first-order valence-electron chi connectivity index (χ1n) is 17.8. The molecule has 7 atom stereocenters. The van der Waals surface area contributed by atoms with E-state index in [4.69, 9.17) is 13.7 Å². The van der Waals surface area contributed by atoms with Crippen LogP contribution in [-0.4, -0.2) is 32.7 Å². The molecule has 0 aromatic carbocycles. The van der Waals surface area contributed by atoms with Gasteiger partial charge in [0, 0.05) is 6.10 Å². The average molecular weight is 597 g/mol. The van der Waals surface area contributed by atoms with Gasteiger partial charge in [0.05, 0.1) is 11.2 Å². The molecule has 1 saturated heterocycles. The van der Waals surface area contributed by atoms with Gasteiger partial charge in [0.2, 0.25) is 8.32 Å². The van der Waals surface area contributed by atoms with Gasteiger partial charge in [-0.25, -0.2) is 0 Å². The molecule has 0 aromatic heterocycles. The maximum atomic E-state index is 7.37. The molecule has 0 unspecified atom stereocenters. The molecule has 0 N–H and O–H groups in total. The van der Waals surface area contributed by atoms with Crippen LogP contribution >= 0.6 is 0 Å². The highest BCUT2D eigenvalue weighted by atomic mass is 28.4. The van der Waals surface area contributed by atoms with E-state index in [0.29, 0.717) is 39.5 Å². The zero-order valence-corrected chi connectivity index (χ0v) is 30.7. The Morgan fingerprint density at radius 1 is 0.857 bits per heavy atom. The minimum atomic E-state index is -1.86. The van der Waals surface area contributed by atoms with Gasteiger partial charge in [-0.2, -0.15) is 0 Å². The van der Waals surface area contributed by atoms with Crippen molar-refractivity contribution in [3.05, 3.63) is 23.2 Å². The van der Waals surface area contributed by atoms with E-state index in [2.05, 4.69) is 102 Å². The lowest BCUT2D eigenvalue weighted by Crippen LogP contribution is -2.53. The smallest absolute Gasteiger partial charge is 0.413 e. The van der Waals surface area contributed by atoms with Crippen LogP contribution < -0.4 is 0 Å². The molecule has 0 aromatic rings. The lowest BCUT2D eigenvalue weighted by molar-refractivity contribution is -0.0446. The monoisotopic (exact) mass is 596 g/mol. The van der Waals surface area contributed by atoms with Crippen molar-refractivity contribution >= 4 is 15.4 Å². The highest BCUT2D eigenvalue weighted by molar-refractivity contribution is 6.77. The van der Waals surface area contributed by atoms with E-state index in [9.17, 15) is 0 Å². The average Bonchev–Trinajstić information content (AvgIpc) is 3.32. The Balaban J connectivity index is 1.32. The normalized spacial score (nSPS) is 39.9. The minimum absolute atomic E-state index is 0.227. The van der Waals surface area contributed by atoms with Gasteiger partial charge in [-0.15, -0.1) is 0 Å². The fourth-order valence-electron chi connectivity index (χ4n) is 11.5. The molecule has 0 spiro atoms.